The first-order valence-electron chi connectivity index (χ1n) is 8.11. The molecule has 0 heterocycles. The number of nitrogens with zero attached hydrogens (tertiary/aromatic N) is 1. The second kappa shape index (κ2) is 7.11. The molecule has 2 aromatic rings. The van der Waals surface area contributed by atoms with Gasteiger partial charge in [0.2, 0.25) is 5.91 Å². The fourth-order valence-electron chi connectivity index (χ4n) is 2.73. The van der Waals surface area contributed by atoms with Gasteiger partial charge in [-0.15, -0.1) is 11.8 Å². The van der Waals surface area contributed by atoms with Crippen LogP contribution >= 0.6 is 11.8 Å². The van der Waals surface area contributed by atoms with Gasteiger partial charge in [-0.2, -0.15) is 5.26 Å². The van der Waals surface area contributed by atoms with Gasteiger partial charge in [0.25, 0.3) is 0 Å². The Labute approximate surface area is 147 Å². The van der Waals surface area contributed by atoms with Gasteiger partial charge >= 0.3 is 0 Å². The number of thioether (sulfide) groups is 1. The highest BCUT2D eigenvalue weighted by molar-refractivity contribution is 8.00. The molecule has 1 fully saturated rings. The third-order valence-electron chi connectivity index (χ3n) is 4.36. The standard InChI is InChI=1S/C20H20N2OS/c1-20(14-21,17-9-10-17)22-19(23)13-24-18-11-7-16(8-12-18)15-5-3-2-4-6-15/h2-8,11-12,17H,9-10,13H2,1H3,(H,22,23). The summed E-state index contributed by atoms with van der Waals surface area (Å²) in [5, 5.41) is 12.2. The van der Waals surface area contributed by atoms with Gasteiger partial charge in [-0.3, -0.25) is 4.79 Å². The SMILES string of the molecule is CC(C#N)(NC(=O)CSc1ccc(-c2ccccc2)cc1)C1CC1. The molecule has 4 heteroatoms. The summed E-state index contributed by atoms with van der Waals surface area (Å²) in [5.41, 5.74) is 1.63. The molecule has 0 aliphatic heterocycles. The molecular weight excluding hydrogens is 316 g/mol. The molecule has 1 N–H and O–H groups in total. The lowest BCUT2D eigenvalue weighted by atomic mass is 9.98. The molecule has 0 saturated heterocycles. The maximum atomic E-state index is 12.1. The first-order valence-corrected chi connectivity index (χ1v) is 9.10. The molecule has 1 saturated carbocycles. The predicted molar refractivity (Wildman–Crippen MR) is 97.5 cm³/mol. The van der Waals surface area contributed by atoms with Crippen LogP contribution in [0, 0.1) is 17.2 Å². The highest BCUT2D eigenvalue weighted by Gasteiger charge is 2.42. The molecule has 122 valence electrons. The molecule has 1 aliphatic carbocycles. The van der Waals surface area contributed by atoms with Crippen LogP contribution in [0.25, 0.3) is 11.1 Å². The van der Waals surface area contributed by atoms with Crippen LogP contribution in [-0.2, 0) is 4.79 Å². The lowest BCUT2D eigenvalue weighted by molar-refractivity contribution is -0.119. The summed E-state index contributed by atoms with van der Waals surface area (Å²) in [6.45, 7) is 1.82. The van der Waals surface area contributed by atoms with E-state index < -0.39 is 5.54 Å². The molecule has 0 radical (unpaired) electrons. The normalized spacial score (nSPS) is 16.0. The lowest BCUT2D eigenvalue weighted by Gasteiger charge is -2.22. The van der Waals surface area contributed by atoms with Crippen molar-refractivity contribution >= 4 is 17.7 Å². The fourth-order valence-corrected chi connectivity index (χ4v) is 3.43. The third-order valence-corrected chi connectivity index (χ3v) is 5.37. The highest BCUT2D eigenvalue weighted by atomic mass is 32.2. The summed E-state index contributed by atoms with van der Waals surface area (Å²) in [7, 11) is 0. The number of rotatable bonds is 6. The molecule has 1 unspecified atom stereocenters. The monoisotopic (exact) mass is 336 g/mol. The Hall–Kier alpha value is -2.25. The molecule has 0 aromatic heterocycles. The van der Waals surface area contributed by atoms with Crippen molar-refractivity contribution in [3.8, 4) is 17.2 Å². The van der Waals surface area contributed by atoms with E-state index >= 15 is 0 Å². The molecule has 1 atom stereocenters. The third kappa shape index (κ3) is 3.98. The summed E-state index contributed by atoms with van der Waals surface area (Å²) in [5.74, 6) is 0.555. The highest BCUT2D eigenvalue weighted by Crippen LogP contribution is 2.39. The predicted octanol–water partition coefficient (Wildman–Crippen LogP) is 4.25. The fraction of sp³-hybridized carbons (Fsp3) is 0.300. The van der Waals surface area contributed by atoms with Gasteiger partial charge in [0.05, 0.1) is 11.8 Å². The van der Waals surface area contributed by atoms with Crippen LogP contribution < -0.4 is 5.32 Å². The van der Waals surface area contributed by atoms with Crippen molar-refractivity contribution < 1.29 is 4.79 Å². The van der Waals surface area contributed by atoms with E-state index in [4.69, 9.17) is 0 Å². The van der Waals surface area contributed by atoms with Gasteiger partial charge in [-0.05, 0) is 48.9 Å². The average Bonchev–Trinajstić information content (AvgIpc) is 3.47. The Bertz CT molecular complexity index is 747. The van der Waals surface area contributed by atoms with E-state index in [2.05, 4.69) is 35.7 Å². The lowest BCUT2D eigenvalue weighted by Crippen LogP contribution is -2.47. The van der Waals surface area contributed by atoms with Crippen LogP contribution in [0.4, 0.5) is 0 Å². The quantitative estimate of drug-likeness (QED) is 0.802. The Balaban J connectivity index is 1.55. The van der Waals surface area contributed by atoms with Crippen LogP contribution in [0.1, 0.15) is 19.8 Å². The summed E-state index contributed by atoms with van der Waals surface area (Å²) < 4.78 is 0. The van der Waals surface area contributed by atoms with E-state index in [1.165, 1.54) is 17.3 Å². The summed E-state index contributed by atoms with van der Waals surface area (Å²) in [6, 6.07) is 20.7. The number of hydrogen-bond acceptors (Lipinski definition) is 3. The first-order chi connectivity index (χ1) is 11.6. The number of benzene rings is 2. The minimum Gasteiger partial charge on any atom is -0.337 e. The minimum atomic E-state index is -0.713. The first kappa shape index (κ1) is 16.6. The van der Waals surface area contributed by atoms with Gasteiger partial charge in [-0.25, -0.2) is 0 Å². The van der Waals surface area contributed by atoms with Crippen molar-refractivity contribution in [2.45, 2.75) is 30.2 Å². The number of carbonyl (C=O) groups excluding carboxylic acids is 1. The van der Waals surface area contributed by atoms with E-state index in [1.807, 2.05) is 37.3 Å². The second-order valence-electron chi connectivity index (χ2n) is 6.32. The molecule has 3 rings (SSSR count). The second-order valence-corrected chi connectivity index (χ2v) is 7.36. The topological polar surface area (TPSA) is 52.9 Å². The molecule has 1 amide bonds. The van der Waals surface area contributed by atoms with Crippen molar-refractivity contribution in [3.63, 3.8) is 0 Å². The number of hydrogen-bond donors (Lipinski definition) is 1. The van der Waals surface area contributed by atoms with Crippen molar-refractivity contribution in [3.05, 3.63) is 54.6 Å². The molecule has 2 aromatic carbocycles. The van der Waals surface area contributed by atoms with Gasteiger partial charge in [0, 0.05) is 4.90 Å². The van der Waals surface area contributed by atoms with E-state index in [1.54, 1.807) is 0 Å². The molecular formula is C20H20N2OS. The van der Waals surface area contributed by atoms with E-state index in [0.29, 0.717) is 11.7 Å². The zero-order chi connectivity index (χ0) is 17.0. The van der Waals surface area contributed by atoms with Crippen molar-refractivity contribution in [2.24, 2.45) is 5.92 Å². The maximum Gasteiger partial charge on any atom is 0.231 e. The minimum absolute atomic E-state index is 0.0805. The van der Waals surface area contributed by atoms with Crippen molar-refractivity contribution in [1.82, 2.24) is 5.32 Å². The zero-order valence-electron chi connectivity index (χ0n) is 13.7. The summed E-state index contributed by atoms with van der Waals surface area (Å²) in [6.07, 6.45) is 2.05. The Kier molecular flexibility index (Phi) is 4.92. The summed E-state index contributed by atoms with van der Waals surface area (Å²) >= 11 is 1.49. The van der Waals surface area contributed by atoms with E-state index in [9.17, 15) is 10.1 Å². The maximum absolute atomic E-state index is 12.1. The Morgan fingerprint density at radius 3 is 2.38 bits per heavy atom. The Morgan fingerprint density at radius 2 is 1.79 bits per heavy atom. The van der Waals surface area contributed by atoms with E-state index in [-0.39, 0.29) is 5.91 Å². The number of nitrogens with one attached hydrogen (secondary N) is 1. The van der Waals surface area contributed by atoms with Gasteiger partial charge in [-0.1, -0.05) is 42.5 Å². The van der Waals surface area contributed by atoms with Crippen LogP contribution in [0.2, 0.25) is 0 Å². The van der Waals surface area contributed by atoms with Gasteiger partial charge in [0.15, 0.2) is 0 Å². The molecule has 1 aliphatic rings. The summed E-state index contributed by atoms with van der Waals surface area (Å²) in [4.78, 5) is 13.2. The largest absolute Gasteiger partial charge is 0.337 e. The van der Waals surface area contributed by atoms with Crippen LogP contribution in [-0.4, -0.2) is 17.2 Å². The van der Waals surface area contributed by atoms with Crippen molar-refractivity contribution in [1.29, 1.82) is 5.26 Å². The molecule has 24 heavy (non-hydrogen) atoms. The molecule has 0 bridgehead atoms. The zero-order valence-corrected chi connectivity index (χ0v) is 14.5. The van der Waals surface area contributed by atoms with Gasteiger partial charge in [0.1, 0.15) is 5.54 Å². The Morgan fingerprint density at radius 1 is 1.17 bits per heavy atom. The van der Waals surface area contributed by atoms with Crippen LogP contribution in [0.15, 0.2) is 59.5 Å². The van der Waals surface area contributed by atoms with Crippen molar-refractivity contribution in [2.75, 3.05) is 5.75 Å². The number of carbonyl (C=O) groups is 1. The van der Waals surface area contributed by atoms with Crippen LogP contribution in [0.5, 0.6) is 0 Å². The van der Waals surface area contributed by atoms with Gasteiger partial charge < -0.3 is 5.32 Å². The van der Waals surface area contributed by atoms with Crippen LogP contribution in [0.3, 0.4) is 0 Å². The number of nitriles is 1. The average molecular weight is 336 g/mol. The molecule has 0 spiro atoms. The molecule has 3 nitrogen and oxygen atoms in total. The van der Waals surface area contributed by atoms with E-state index in [0.717, 1.165) is 23.3 Å². The smallest absolute Gasteiger partial charge is 0.231 e. The number of amides is 1.